The molecule has 2 atom stereocenters. The van der Waals surface area contributed by atoms with Gasteiger partial charge in [-0.05, 0) is 31.5 Å². The van der Waals surface area contributed by atoms with E-state index in [2.05, 4.69) is 22.2 Å². The highest BCUT2D eigenvalue weighted by Crippen LogP contribution is 2.23. The van der Waals surface area contributed by atoms with Gasteiger partial charge in [-0.25, -0.2) is 9.97 Å². The summed E-state index contributed by atoms with van der Waals surface area (Å²) in [6.07, 6.45) is 2.73. The molecule has 1 saturated heterocycles. The second-order valence-corrected chi connectivity index (χ2v) is 5.68. The summed E-state index contributed by atoms with van der Waals surface area (Å²) < 4.78 is 11.1. The second kappa shape index (κ2) is 6.56. The van der Waals surface area contributed by atoms with Crippen molar-refractivity contribution in [1.29, 1.82) is 0 Å². The lowest BCUT2D eigenvalue weighted by atomic mass is 10.2. The zero-order chi connectivity index (χ0) is 14.7. The number of nitrogens with one attached hydrogen (secondary N) is 1. The van der Waals surface area contributed by atoms with Crippen LogP contribution in [0.25, 0.3) is 10.9 Å². The molecule has 0 bridgehead atoms. The Morgan fingerprint density at radius 1 is 1.48 bits per heavy atom. The van der Waals surface area contributed by atoms with Crippen molar-refractivity contribution < 1.29 is 9.47 Å². The monoisotopic (exact) mass is 307 g/mol. The number of ether oxygens (including phenoxy) is 2. The van der Waals surface area contributed by atoms with Gasteiger partial charge in [-0.1, -0.05) is 11.6 Å². The van der Waals surface area contributed by atoms with Crippen molar-refractivity contribution in [1.82, 2.24) is 9.97 Å². The Balaban J connectivity index is 1.66. The van der Waals surface area contributed by atoms with Gasteiger partial charge in [-0.2, -0.15) is 0 Å². The van der Waals surface area contributed by atoms with Gasteiger partial charge in [0.1, 0.15) is 12.1 Å². The Labute approximate surface area is 128 Å². The molecule has 0 saturated carbocycles. The highest BCUT2D eigenvalue weighted by atomic mass is 35.5. The van der Waals surface area contributed by atoms with E-state index >= 15 is 0 Å². The van der Waals surface area contributed by atoms with E-state index in [9.17, 15) is 0 Å². The fourth-order valence-corrected chi connectivity index (χ4v) is 2.51. The van der Waals surface area contributed by atoms with Gasteiger partial charge in [0.25, 0.3) is 0 Å². The van der Waals surface area contributed by atoms with Gasteiger partial charge in [0.2, 0.25) is 0 Å². The van der Waals surface area contributed by atoms with E-state index in [1.807, 2.05) is 18.2 Å². The third-order valence-electron chi connectivity index (χ3n) is 3.45. The van der Waals surface area contributed by atoms with Crippen LogP contribution >= 0.6 is 11.6 Å². The summed E-state index contributed by atoms with van der Waals surface area (Å²) in [5.41, 5.74) is 0.831. The normalized spacial score (nSPS) is 19.8. The number of halogens is 1. The van der Waals surface area contributed by atoms with Crippen molar-refractivity contribution in [3.8, 4) is 0 Å². The molecule has 21 heavy (non-hydrogen) atoms. The van der Waals surface area contributed by atoms with Crippen LogP contribution in [-0.4, -0.2) is 41.9 Å². The van der Waals surface area contributed by atoms with Crippen LogP contribution in [0.4, 0.5) is 5.82 Å². The molecule has 3 rings (SSSR count). The van der Waals surface area contributed by atoms with Gasteiger partial charge < -0.3 is 14.8 Å². The number of fused-ring (bicyclic) bond motifs is 1. The fourth-order valence-electron chi connectivity index (χ4n) is 2.35. The van der Waals surface area contributed by atoms with Crippen molar-refractivity contribution in [2.45, 2.75) is 25.5 Å². The lowest BCUT2D eigenvalue weighted by molar-refractivity contribution is 0.0395. The zero-order valence-electron chi connectivity index (χ0n) is 11.9. The molecule has 112 valence electrons. The Kier molecular flexibility index (Phi) is 4.53. The molecule has 0 aliphatic carbocycles. The van der Waals surface area contributed by atoms with Gasteiger partial charge in [0.15, 0.2) is 0 Å². The molecule has 2 aromatic rings. The van der Waals surface area contributed by atoms with E-state index in [1.54, 1.807) is 6.33 Å². The maximum Gasteiger partial charge on any atom is 0.137 e. The molecule has 6 heteroatoms. The molecule has 1 N–H and O–H groups in total. The maximum atomic E-state index is 5.99. The Morgan fingerprint density at radius 3 is 3.19 bits per heavy atom. The molecule has 5 nitrogen and oxygen atoms in total. The number of rotatable bonds is 5. The van der Waals surface area contributed by atoms with Gasteiger partial charge in [-0.15, -0.1) is 0 Å². The predicted octanol–water partition coefficient (Wildman–Crippen LogP) is 2.89. The number of hydrogen-bond acceptors (Lipinski definition) is 5. The lowest BCUT2D eigenvalue weighted by Crippen LogP contribution is -2.26. The summed E-state index contributed by atoms with van der Waals surface area (Å²) in [4.78, 5) is 8.55. The van der Waals surface area contributed by atoms with Crippen LogP contribution in [0.5, 0.6) is 0 Å². The predicted molar refractivity (Wildman–Crippen MR) is 82.8 cm³/mol. The molecule has 1 aliphatic heterocycles. The van der Waals surface area contributed by atoms with E-state index in [4.69, 9.17) is 21.1 Å². The molecule has 0 amide bonds. The molecule has 0 radical (unpaired) electrons. The molecule has 1 aromatic carbocycles. The van der Waals surface area contributed by atoms with E-state index in [0.29, 0.717) is 18.2 Å². The minimum Gasteiger partial charge on any atom is -0.379 e. The second-order valence-electron chi connectivity index (χ2n) is 5.25. The first kappa shape index (κ1) is 14.5. The standard InChI is InChI=1S/C15H18ClN3O2/c1-10(7-21-12-4-5-20-8-12)19-15-13-3-2-11(16)6-14(13)17-9-18-15/h2-3,6,9-10,12H,4-5,7-8H2,1H3,(H,17,18,19). The average molecular weight is 308 g/mol. The van der Waals surface area contributed by atoms with E-state index in [0.717, 1.165) is 29.7 Å². The topological polar surface area (TPSA) is 56.3 Å². The number of anilines is 1. The van der Waals surface area contributed by atoms with Crippen molar-refractivity contribution in [2.24, 2.45) is 0 Å². The first-order valence-corrected chi connectivity index (χ1v) is 7.46. The van der Waals surface area contributed by atoms with Gasteiger partial charge in [0.05, 0.1) is 24.8 Å². The number of benzene rings is 1. The van der Waals surface area contributed by atoms with E-state index in [-0.39, 0.29) is 12.1 Å². The molecular weight excluding hydrogens is 290 g/mol. The molecule has 0 spiro atoms. The van der Waals surface area contributed by atoms with Gasteiger partial charge in [0, 0.05) is 23.1 Å². The summed E-state index contributed by atoms with van der Waals surface area (Å²) in [7, 11) is 0. The largest absolute Gasteiger partial charge is 0.379 e. The van der Waals surface area contributed by atoms with Crippen LogP contribution in [0.15, 0.2) is 24.5 Å². The molecule has 2 heterocycles. The van der Waals surface area contributed by atoms with Crippen LogP contribution in [0.2, 0.25) is 5.02 Å². The van der Waals surface area contributed by atoms with Crippen molar-refractivity contribution in [2.75, 3.05) is 25.1 Å². The summed E-state index contributed by atoms with van der Waals surface area (Å²) in [6.45, 7) is 4.18. The molecule has 1 aromatic heterocycles. The first-order chi connectivity index (χ1) is 10.2. The van der Waals surface area contributed by atoms with Gasteiger partial charge >= 0.3 is 0 Å². The minimum atomic E-state index is 0.152. The maximum absolute atomic E-state index is 5.99. The Morgan fingerprint density at radius 2 is 2.38 bits per heavy atom. The van der Waals surface area contributed by atoms with Crippen molar-refractivity contribution in [3.05, 3.63) is 29.5 Å². The fraction of sp³-hybridized carbons (Fsp3) is 0.467. The van der Waals surface area contributed by atoms with Gasteiger partial charge in [-0.3, -0.25) is 0 Å². The van der Waals surface area contributed by atoms with Crippen LogP contribution in [-0.2, 0) is 9.47 Å². The SMILES string of the molecule is CC(COC1CCOC1)Nc1ncnc2cc(Cl)ccc12. The minimum absolute atomic E-state index is 0.152. The quantitative estimate of drug-likeness (QED) is 0.920. The Bertz CT molecular complexity index is 617. The van der Waals surface area contributed by atoms with Crippen molar-refractivity contribution in [3.63, 3.8) is 0 Å². The molecule has 1 fully saturated rings. The lowest BCUT2D eigenvalue weighted by Gasteiger charge is -2.18. The molecule has 2 unspecified atom stereocenters. The zero-order valence-corrected chi connectivity index (χ0v) is 12.6. The van der Waals surface area contributed by atoms with Crippen LogP contribution in [0.3, 0.4) is 0 Å². The Hall–Kier alpha value is -1.43. The van der Waals surface area contributed by atoms with Crippen LogP contribution in [0.1, 0.15) is 13.3 Å². The van der Waals surface area contributed by atoms with Crippen LogP contribution in [0, 0.1) is 0 Å². The molecular formula is C15H18ClN3O2. The van der Waals surface area contributed by atoms with E-state index < -0.39 is 0 Å². The van der Waals surface area contributed by atoms with E-state index in [1.165, 1.54) is 0 Å². The highest BCUT2D eigenvalue weighted by molar-refractivity contribution is 6.31. The summed E-state index contributed by atoms with van der Waals surface area (Å²) in [5.74, 6) is 0.801. The number of aromatic nitrogens is 2. The summed E-state index contributed by atoms with van der Waals surface area (Å²) in [5, 5.41) is 5.00. The van der Waals surface area contributed by atoms with Crippen molar-refractivity contribution >= 4 is 28.3 Å². The highest BCUT2D eigenvalue weighted by Gasteiger charge is 2.17. The molecule has 1 aliphatic rings. The smallest absolute Gasteiger partial charge is 0.137 e. The van der Waals surface area contributed by atoms with Crippen LogP contribution < -0.4 is 5.32 Å². The summed E-state index contributed by atoms with van der Waals surface area (Å²) in [6, 6.07) is 5.76. The summed E-state index contributed by atoms with van der Waals surface area (Å²) >= 11 is 5.99. The third-order valence-corrected chi connectivity index (χ3v) is 3.69. The average Bonchev–Trinajstić information content (AvgIpc) is 2.98. The number of hydrogen-bond donors (Lipinski definition) is 1. The first-order valence-electron chi connectivity index (χ1n) is 7.08. The third kappa shape index (κ3) is 3.61. The number of nitrogens with zero attached hydrogens (tertiary/aromatic N) is 2.